The van der Waals surface area contributed by atoms with Crippen molar-refractivity contribution < 1.29 is 19.3 Å². The smallest absolute Gasteiger partial charge is 0.156 e. The first-order valence-electron chi connectivity index (χ1n) is 13.8. The predicted molar refractivity (Wildman–Crippen MR) is 152 cm³/mol. The number of rotatable bonds is 6. The van der Waals surface area contributed by atoms with Crippen LogP contribution in [0.15, 0.2) is 73.7 Å². The maximum atomic E-state index is 13.3. The Labute approximate surface area is 240 Å². The molecule has 214 valence electrons. The van der Waals surface area contributed by atoms with Crippen molar-refractivity contribution in [2.75, 3.05) is 31.2 Å². The van der Waals surface area contributed by atoms with Crippen molar-refractivity contribution in [1.29, 1.82) is 0 Å². The monoisotopic (exact) mass is 568 g/mol. The van der Waals surface area contributed by atoms with Gasteiger partial charge in [0.2, 0.25) is 0 Å². The van der Waals surface area contributed by atoms with Crippen LogP contribution in [0.3, 0.4) is 0 Å². The summed E-state index contributed by atoms with van der Waals surface area (Å²) in [5.74, 6) is 1.08. The summed E-state index contributed by atoms with van der Waals surface area (Å²) in [7, 11) is 0. The van der Waals surface area contributed by atoms with E-state index < -0.39 is 11.7 Å². The van der Waals surface area contributed by atoms with E-state index in [0.29, 0.717) is 36.7 Å². The van der Waals surface area contributed by atoms with E-state index in [1.54, 1.807) is 48.7 Å². The summed E-state index contributed by atoms with van der Waals surface area (Å²) in [6, 6.07) is 7.62. The van der Waals surface area contributed by atoms with Gasteiger partial charge in [0.1, 0.15) is 35.4 Å². The summed E-state index contributed by atoms with van der Waals surface area (Å²) in [5.41, 5.74) is 3.52. The Hall–Kier alpha value is -4.52. The highest BCUT2D eigenvalue weighted by atomic mass is 19.1. The highest BCUT2D eigenvalue weighted by Crippen LogP contribution is 2.32. The van der Waals surface area contributed by atoms with Crippen LogP contribution in [0.4, 0.5) is 10.2 Å². The molecule has 5 aromatic rings. The summed E-state index contributed by atoms with van der Waals surface area (Å²) in [6.07, 6.45) is 12.7. The second-order valence-corrected chi connectivity index (χ2v) is 10.8. The third-order valence-corrected chi connectivity index (χ3v) is 8.10. The molecule has 2 aliphatic rings. The molecule has 11 nitrogen and oxygen atoms in total. The fourth-order valence-corrected chi connectivity index (χ4v) is 5.52. The molecule has 42 heavy (non-hydrogen) atoms. The van der Waals surface area contributed by atoms with E-state index in [9.17, 15) is 14.6 Å². The van der Waals surface area contributed by atoms with Crippen molar-refractivity contribution in [1.82, 2.24) is 34.3 Å². The van der Waals surface area contributed by atoms with Crippen molar-refractivity contribution in [3.63, 3.8) is 0 Å². The van der Waals surface area contributed by atoms with Gasteiger partial charge < -0.3 is 19.8 Å². The van der Waals surface area contributed by atoms with E-state index in [-0.39, 0.29) is 11.9 Å². The minimum absolute atomic E-state index is 0.191. The highest BCUT2D eigenvalue weighted by Gasteiger charge is 2.29. The molecule has 1 fully saturated rings. The average Bonchev–Trinajstić information content (AvgIpc) is 3.77. The van der Waals surface area contributed by atoms with Crippen molar-refractivity contribution >= 4 is 16.9 Å². The number of aliphatic hydroxyl groups is 2. The first-order chi connectivity index (χ1) is 20.4. The number of aromatic nitrogens is 7. The van der Waals surface area contributed by atoms with E-state index in [1.807, 2.05) is 23.0 Å². The number of anilines is 1. The van der Waals surface area contributed by atoms with Crippen LogP contribution in [0.25, 0.3) is 22.2 Å². The summed E-state index contributed by atoms with van der Waals surface area (Å²) < 4.78 is 22.3. The van der Waals surface area contributed by atoms with Crippen LogP contribution >= 0.6 is 0 Å². The molecular weight excluding hydrogens is 539 g/mol. The quantitative estimate of drug-likeness (QED) is 0.318. The Morgan fingerprint density at radius 1 is 0.976 bits per heavy atom. The third kappa shape index (κ3) is 4.73. The standard InChI is InChI=1S/C30H29FN8O3/c1-30(41,22-2-4-24(31)5-3-22)23-12-32-28(33-13-23)19-6-8-37(9-7-19)29-25-10-20(14-38(25)36-18-34-29)21-11-35-39(15-21)26-16-42-17-27(26)40/h2-6,10-15,18,26-27,40-41H,7-9,16-17H2,1H3/t26-,27-,30?/m1/s1. The van der Waals surface area contributed by atoms with Crippen molar-refractivity contribution in [3.8, 4) is 11.1 Å². The molecule has 0 bridgehead atoms. The minimum atomic E-state index is -1.34. The maximum absolute atomic E-state index is 13.3. The number of ether oxygens (including phenoxy) is 1. The molecule has 0 aliphatic carbocycles. The molecule has 2 aliphatic heterocycles. The molecule has 7 rings (SSSR count). The number of benzene rings is 1. The first kappa shape index (κ1) is 26.4. The molecule has 1 aromatic carbocycles. The summed E-state index contributed by atoms with van der Waals surface area (Å²) in [5, 5.41) is 30.1. The fourth-order valence-electron chi connectivity index (χ4n) is 5.52. The molecule has 4 aromatic heterocycles. The van der Waals surface area contributed by atoms with Gasteiger partial charge in [-0.25, -0.2) is 23.9 Å². The lowest BCUT2D eigenvalue weighted by atomic mass is 9.90. The van der Waals surface area contributed by atoms with Gasteiger partial charge in [-0.1, -0.05) is 18.2 Å². The lowest BCUT2D eigenvalue weighted by Crippen LogP contribution is -2.30. The molecule has 1 saturated heterocycles. The third-order valence-electron chi connectivity index (χ3n) is 8.10. The normalized spacial score (nSPS) is 20.6. The van der Waals surface area contributed by atoms with Gasteiger partial charge in [0, 0.05) is 54.6 Å². The lowest BCUT2D eigenvalue weighted by Gasteiger charge is -2.27. The number of nitrogens with zero attached hydrogens (tertiary/aromatic N) is 8. The first-order valence-corrected chi connectivity index (χ1v) is 13.8. The molecule has 0 saturated carbocycles. The molecule has 2 N–H and O–H groups in total. The Balaban J connectivity index is 1.08. The molecule has 12 heteroatoms. The zero-order chi connectivity index (χ0) is 28.8. The van der Waals surface area contributed by atoms with Crippen molar-refractivity contribution in [3.05, 3.63) is 96.5 Å². The Morgan fingerprint density at radius 3 is 2.50 bits per heavy atom. The number of fused-ring (bicyclic) bond motifs is 1. The summed E-state index contributed by atoms with van der Waals surface area (Å²) in [4.78, 5) is 15.9. The van der Waals surface area contributed by atoms with Gasteiger partial charge in [-0.3, -0.25) is 4.68 Å². The van der Waals surface area contributed by atoms with Crippen molar-refractivity contribution in [2.45, 2.75) is 31.1 Å². The van der Waals surface area contributed by atoms with Crippen LogP contribution in [0.1, 0.15) is 36.3 Å². The van der Waals surface area contributed by atoms with Crippen molar-refractivity contribution in [2.24, 2.45) is 0 Å². The van der Waals surface area contributed by atoms with Crippen LogP contribution in [-0.2, 0) is 10.3 Å². The molecule has 3 atom stereocenters. The van der Waals surface area contributed by atoms with E-state index in [1.165, 1.54) is 12.1 Å². The molecule has 6 heterocycles. The minimum Gasteiger partial charge on any atom is -0.388 e. The molecule has 0 spiro atoms. The lowest BCUT2D eigenvalue weighted by molar-refractivity contribution is 0.101. The second kappa shape index (κ2) is 10.4. The average molecular weight is 569 g/mol. The molecular formula is C30H29FN8O3. The number of aliphatic hydroxyl groups excluding tert-OH is 1. The molecule has 0 radical (unpaired) electrons. The Kier molecular flexibility index (Phi) is 6.53. The van der Waals surface area contributed by atoms with Crippen LogP contribution < -0.4 is 4.90 Å². The van der Waals surface area contributed by atoms with Gasteiger partial charge in [-0.05, 0) is 42.7 Å². The Morgan fingerprint density at radius 2 is 1.79 bits per heavy atom. The fraction of sp³-hybridized carbons (Fsp3) is 0.300. The van der Waals surface area contributed by atoms with Gasteiger partial charge in [0.05, 0.1) is 19.4 Å². The Bertz CT molecular complexity index is 1760. The number of halogens is 1. The maximum Gasteiger partial charge on any atom is 0.156 e. The van der Waals surface area contributed by atoms with Gasteiger partial charge >= 0.3 is 0 Å². The molecule has 1 unspecified atom stereocenters. The van der Waals surface area contributed by atoms with E-state index >= 15 is 0 Å². The topological polar surface area (TPSA) is 127 Å². The van der Waals surface area contributed by atoms with Crippen LogP contribution in [0.5, 0.6) is 0 Å². The van der Waals surface area contributed by atoms with Crippen LogP contribution in [-0.4, -0.2) is 77.0 Å². The van der Waals surface area contributed by atoms with Crippen LogP contribution in [0, 0.1) is 5.82 Å². The van der Waals surface area contributed by atoms with Crippen LogP contribution in [0.2, 0.25) is 0 Å². The summed E-state index contributed by atoms with van der Waals surface area (Å²) in [6.45, 7) is 3.74. The molecule has 0 amide bonds. The van der Waals surface area contributed by atoms with Gasteiger partial charge in [0.25, 0.3) is 0 Å². The van der Waals surface area contributed by atoms with E-state index in [2.05, 4.69) is 36.1 Å². The van der Waals surface area contributed by atoms with Gasteiger partial charge in [0.15, 0.2) is 11.6 Å². The van der Waals surface area contributed by atoms with Gasteiger partial charge in [-0.15, -0.1) is 0 Å². The predicted octanol–water partition coefficient (Wildman–Crippen LogP) is 3.00. The second-order valence-electron chi connectivity index (χ2n) is 10.8. The largest absolute Gasteiger partial charge is 0.388 e. The zero-order valence-electron chi connectivity index (χ0n) is 22.9. The number of hydrogen-bond donors (Lipinski definition) is 2. The van der Waals surface area contributed by atoms with E-state index in [4.69, 9.17) is 4.74 Å². The highest BCUT2D eigenvalue weighted by molar-refractivity contribution is 5.78. The SMILES string of the molecule is CC(O)(c1ccc(F)cc1)c1cnc(C2=CCN(c3ncnn4cc(-c5cnn([C@@H]6COC[C@H]6O)c5)cc34)CC2)nc1. The zero-order valence-corrected chi connectivity index (χ0v) is 22.9. The van der Waals surface area contributed by atoms with E-state index in [0.717, 1.165) is 41.0 Å². The summed E-state index contributed by atoms with van der Waals surface area (Å²) >= 11 is 0. The van der Waals surface area contributed by atoms with Gasteiger partial charge in [-0.2, -0.15) is 10.2 Å². The number of hydrogen-bond acceptors (Lipinski definition) is 9.